The molecule has 30 heavy (non-hydrogen) atoms. The zero-order valence-electron chi connectivity index (χ0n) is 19.0. The van der Waals surface area contributed by atoms with Gasteiger partial charge in [-0.25, -0.2) is 0 Å². The molecule has 1 aromatic rings. The van der Waals surface area contributed by atoms with E-state index in [0.717, 1.165) is 13.0 Å². The highest BCUT2D eigenvalue weighted by Gasteiger charge is 2.20. The molecule has 8 heteroatoms. The molecule has 2 nitrogen and oxygen atoms in total. The normalized spacial score (nSPS) is 11.4. The maximum absolute atomic E-state index is 9.75. The molecule has 0 aliphatic rings. The van der Waals surface area contributed by atoms with Gasteiger partial charge in [0.15, 0.2) is 5.69 Å². The maximum atomic E-state index is 9.75. The highest BCUT2D eigenvalue weighted by atomic mass is 32.1. The summed E-state index contributed by atoms with van der Waals surface area (Å²) in [6, 6.07) is 0. The molecule has 0 aromatic carbocycles. The lowest BCUT2D eigenvalue weighted by atomic mass is 10.0. The Kier molecular flexibility index (Phi) is 18.7. The van der Waals surface area contributed by atoms with Gasteiger partial charge in [-0.1, -0.05) is 95.3 Å². The van der Waals surface area contributed by atoms with Crippen molar-refractivity contribution in [3.05, 3.63) is 16.1 Å². The first-order chi connectivity index (χ1) is 14.3. The molecule has 0 unspecified atom stereocenters. The highest BCUT2D eigenvalue weighted by molar-refractivity contribution is 7.09. The molecule has 0 atom stereocenters. The van der Waals surface area contributed by atoms with Crippen molar-refractivity contribution in [2.24, 2.45) is 0 Å². The van der Waals surface area contributed by atoms with Gasteiger partial charge in [0.05, 0.1) is 4.88 Å². The molecular formula is C22H42BF4NOS. The van der Waals surface area contributed by atoms with Gasteiger partial charge < -0.3 is 22.4 Å². The summed E-state index contributed by atoms with van der Waals surface area (Å²) in [5.74, 6) is 0. The van der Waals surface area contributed by atoms with E-state index in [0.29, 0.717) is 0 Å². The van der Waals surface area contributed by atoms with Crippen LogP contribution in [0.1, 0.15) is 107 Å². The molecule has 0 aliphatic heterocycles. The summed E-state index contributed by atoms with van der Waals surface area (Å²) in [6.45, 7) is 5.88. The van der Waals surface area contributed by atoms with E-state index in [1.165, 1.54) is 100 Å². The molecule has 1 aromatic heterocycles. The average molecular weight is 455 g/mol. The van der Waals surface area contributed by atoms with E-state index < -0.39 is 7.25 Å². The summed E-state index contributed by atoms with van der Waals surface area (Å²) in [5.41, 5.74) is 3.58. The first-order valence-corrected chi connectivity index (χ1v) is 12.6. The number of halogens is 4. The van der Waals surface area contributed by atoms with Gasteiger partial charge in [0.2, 0.25) is 5.51 Å². The predicted octanol–water partition coefficient (Wildman–Crippen LogP) is 7.66. The molecular weight excluding hydrogens is 413 g/mol. The third kappa shape index (κ3) is 19.3. The number of aryl methyl sites for hydroxylation is 1. The minimum atomic E-state index is -6.00. The minimum absolute atomic E-state index is 0.264. The van der Waals surface area contributed by atoms with E-state index in [4.69, 9.17) is 5.11 Å². The minimum Gasteiger partial charge on any atom is -0.418 e. The Morgan fingerprint density at radius 2 is 1.20 bits per heavy atom. The number of aliphatic hydroxyl groups excluding tert-OH is 1. The van der Waals surface area contributed by atoms with Crippen LogP contribution < -0.4 is 4.57 Å². The van der Waals surface area contributed by atoms with E-state index in [9.17, 15) is 17.3 Å². The number of rotatable bonds is 17. The van der Waals surface area contributed by atoms with Crippen LogP contribution in [-0.4, -0.2) is 19.0 Å². The second-order valence-electron chi connectivity index (χ2n) is 7.99. The van der Waals surface area contributed by atoms with E-state index in [1.54, 1.807) is 11.3 Å². The number of hydrogen-bond acceptors (Lipinski definition) is 2. The van der Waals surface area contributed by atoms with Gasteiger partial charge in [0.1, 0.15) is 6.54 Å². The third-order valence-electron chi connectivity index (χ3n) is 5.25. The molecule has 0 saturated carbocycles. The first kappa shape index (κ1) is 29.4. The van der Waals surface area contributed by atoms with Gasteiger partial charge in [-0.15, -0.1) is 0 Å². The second kappa shape index (κ2) is 19.1. The Labute approximate surface area is 185 Å². The van der Waals surface area contributed by atoms with Crippen LogP contribution in [0.2, 0.25) is 0 Å². The number of hydrogen-bond donors (Lipinski definition) is 1. The SMILES string of the molecule is CCCCCCCCCCCCCCCC[n+]1csc(CCO)c1C.F[B-](F)(F)F. The molecule has 1 heterocycles. The summed E-state index contributed by atoms with van der Waals surface area (Å²) in [7, 11) is -6.00. The summed E-state index contributed by atoms with van der Waals surface area (Å²) in [5, 5.41) is 9.06. The van der Waals surface area contributed by atoms with Crippen molar-refractivity contribution in [2.75, 3.05) is 6.61 Å². The summed E-state index contributed by atoms with van der Waals surface area (Å²) in [4.78, 5) is 1.34. The van der Waals surface area contributed by atoms with Crippen molar-refractivity contribution in [3.63, 3.8) is 0 Å². The molecule has 0 saturated heterocycles. The van der Waals surface area contributed by atoms with Crippen LogP contribution >= 0.6 is 11.3 Å². The molecule has 0 fully saturated rings. The van der Waals surface area contributed by atoms with E-state index in [1.807, 2.05) is 0 Å². The van der Waals surface area contributed by atoms with E-state index in [-0.39, 0.29) is 6.61 Å². The molecule has 0 aliphatic carbocycles. The largest absolute Gasteiger partial charge is 0.673 e. The number of unbranched alkanes of at least 4 members (excludes halogenated alkanes) is 13. The first-order valence-electron chi connectivity index (χ1n) is 11.7. The zero-order valence-corrected chi connectivity index (χ0v) is 19.8. The smallest absolute Gasteiger partial charge is 0.418 e. The van der Waals surface area contributed by atoms with Gasteiger partial charge in [-0.05, 0) is 6.42 Å². The third-order valence-corrected chi connectivity index (χ3v) is 6.39. The highest BCUT2D eigenvalue weighted by Crippen LogP contribution is 2.14. The standard InChI is InChI=1S/C22H42NOS.BF4/c1-3-4-5-6-7-8-9-10-11-12-13-14-15-16-18-23-20-25-22(17-19-24)21(23)2;2-1(3,4)5/h20,24H,3-19H2,1-2H3;/q+1;-1. The van der Waals surface area contributed by atoms with Crippen molar-refractivity contribution in [2.45, 2.75) is 117 Å². The van der Waals surface area contributed by atoms with Gasteiger partial charge in [0, 0.05) is 26.4 Å². The van der Waals surface area contributed by atoms with Crippen LogP contribution in [0, 0.1) is 6.92 Å². The molecule has 0 amide bonds. The average Bonchev–Trinajstić information content (AvgIpc) is 3.01. The Bertz CT molecular complexity index is 506. The number of aromatic nitrogens is 1. The maximum Gasteiger partial charge on any atom is 0.673 e. The lowest BCUT2D eigenvalue weighted by molar-refractivity contribution is -0.698. The Balaban J connectivity index is 0.00000150. The molecule has 1 N–H and O–H groups in total. The van der Waals surface area contributed by atoms with Crippen molar-refractivity contribution in [3.8, 4) is 0 Å². The van der Waals surface area contributed by atoms with Gasteiger partial charge in [0.25, 0.3) is 0 Å². The molecule has 178 valence electrons. The Morgan fingerprint density at radius 1 is 0.800 bits per heavy atom. The van der Waals surface area contributed by atoms with Crippen LogP contribution in [0.25, 0.3) is 0 Å². The van der Waals surface area contributed by atoms with Gasteiger partial charge in [-0.2, -0.15) is 4.57 Å². The lowest BCUT2D eigenvalue weighted by Crippen LogP contribution is -2.34. The van der Waals surface area contributed by atoms with Crippen LogP contribution in [0.15, 0.2) is 5.51 Å². The summed E-state index contributed by atoms with van der Waals surface area (Å²) < 4.78 is 41.4. The summed E-state index contributed by atoms with van der Waals surface area (Å²) in [6.07, 6.45) is 20.6. The van der Waals surface area contributed by atoms with Gasteiger partial charge in [-0.3, -0.25) is 0 Å². The number of thiazole rings is 1. The monoisotopic (exact) mass is 455 g/mol. The molecule has 0 radical (unpaired) electrons. The fourth-order valence-electron chi connectivity index (χ4n) is 3.49. The molecule has 0 bridgehead atoms. The van der Waals surface area contributed by atoms with Crippen molar-refractivity contribution >= 4 is 18.6 Å². The van der Waals surface area contributed by atoms with Crippen LogP contribution in [0.4, 0.5) is 17.3 Å². The van der Waals surface area contributed by atoms with Crippen LogP contribution in [-0.2, 0) is 13.0 Å². The fraction of sp³-hybridized carbons (Fsp3) is 0.864. The molecule has 0 spiro atoms. The topological polar surface area (TPSA) is 24.1 Å². The number of aliphatic hydroxyl groups is 1. The van der Waals surface area contributed by atoms with Crippen molar-refractivity contribution < 1.29 is 26.9 Å². The molecule has 1 rings (SSSR count). The quantitative estimate of drug-likeness (QED) is 0.111. The van der Waals surface area contributed by atoms with E-state index >= 15 is 0 Å². The number of nitrogens with zero attached hydrogens (tertiary/aromatic N) is 1. The zero-order chi connectivity index (χ0) is 22.7. The summed E-state index contributed by atoms with van der Waals surface area (Å²) >= 11 is 1.79. The Morgan fingerprint density at radius 3 is 1.60 bits per heavy atom. The van der Waals surface area contributed by atoms with Crippen molar-refractivity contribution in [1.82, 2.24) is 0 Å². The lowest BCUT2D eigenvalue weighted by Gasteiger charge is -2.03. The van der Waals surface area contributed by atoms with Crippen LogP contribution in [0.5, 0.6) is 0 Å². The van der Waals surface area contributed by atoms with Gasteiger partial charge >= 0.3 is 7.25 Å². The Hall–Kier alpha value is -0.625. The fourth-order valence-corrected chi connectivity index (χ4v) is 4.51. The van der Waals surface area contributed by atoms with Crippen molar-refractivity contribution in [1.29, 1.82) is 0 Å². The van der Waals surface area contributed by atoms with E-state index in [2.05, 4.69) is 23.9 Å². The van der Waals surface area contributed by atoms with Crippen LogP contribution in [0.3, 0.4) is 0 Å². The predicted molar refractivity (Wildman–Crippen MR) is 121 cm³/mol. The second-order valence-corrected chi connectivity index (χ2v) is 8.93.